The Morgan fingerprint density at radius 2 is 1.80 bits per heavy atom. The summed E-state index contributed by atoms with van der Waals surface area (Å²) in [7, 11) is 3.16. The quantitative estimate of drug-likeness (QED) is 0.179. The summed E-state index contributed by atoms with van der Waals surface area (Å²) in [4.78, 5) is 31.6. The molecule has 0 atom stereocenters. The first-order chi connectivity index (χ1) is 21.5. The van der Waals surface area contributed by atoms with Gasteiger partial charge in [0.05, 0.1) is 18.7 Å². The van der Waals surface area contributed by atoms with Gasteiger partial charge in [0.25, 0.3) is 0 Å². The van der Waals surface area contributed by atoms with E-state index in [-0.39, 0.29) is 19.2 Å². The summed E-state index contributed by atoms with van der Waals surface area (Å²) >= 11 is 0. The van der Waals surface area contributed by atoms with Gasteiger partial charge in [-0.1, -0.05) is 12.1 Å². The lowest BCUT2D eigenvalue weighted by molar-refractivity contribution is 0.145. The minimum atomic E-state index is -0.430. The first kappa shape index (κ1) is 30.8. The van der Waals surface area contributed by atoms with Crippen molar-refractivity contribution in [3.05, 3.63) is 72.6 Å². The van der Waals surface area contributed by atoms with E-state index in [2.05, 4.69) is 38.0 Å². The van der Waals surface area contributed by atoms with Crippen LogP contribution in [0.5, 0.6) is 17.2 Å². The number of β-amino-alcohol motifs (C(OH)–C–C–N with tert-alkyl or cyclic N) is 1. The first-order valence-electron chi connectivity index (χ1n) is 14.6. The van der Waals surface area contributed by atoms with Gasteiger partial charge in [-0.2, -0.15) is 0 Å². The Kier molecular flexibility index (Phi) is 10.3. The number of hydrogen-bond donors (Lipinski definition) is 4. The molecule has 2 aromatic carbocycles. The van der Waals surface area contributed by atoms with Crippen molar-refractivity contribution in [1.29, 1.82) is 0 Å². The maximum absolute atomic E-state index is 12.8. The van der Waals surface area contributed by atoms with E-state index >= 15 is 0 Å². The van der Waals surface area contributed by atoms with Crippen molar-refractivity contribution in [1.82, 2.24) is 19.8 Å². The number of likely N-dealkylation sites (tertiary alicyclic amines) is 1. The Morgan fingerprint density at radius 3 is 2.52 bits per heavy atom. The summed E-state index contributed by atoms with van der Waals surface area (Å²) in [6.07, 6.45) is 5.32. The number of piperidine rings is 1. The van der Waals surface area contributed by atoms with Gasteiger partial charge in [-0.25, -0.2) is 14.6 Å². The number of aliphatic hydroxyl groups is 1. The number of urea groups is 1. The van der Waals surface area contributed by atoms with Crippen LogP contribution in [0.4, 0.5) is 21.1 Å². The molecule has 0 radical (unpaired) electrons. The number of ether oxygens (including phenoxy) is 3. The topological polar surface area (TPSA) is 139 Å². The summed E-state index contributed by atoms with van der Waals surface area (Å²) in [6.45, 7) is 3.53. The SMILES string of the molecule is CNC(=O)n1ccc2cc(Oc3ccnc(NC(=O)Nc4ccc(C5CCN(CCO)CC5)cc4)c3)c(OCCOC)cc21. The lowest BCUT2D eigenvalue weighted by Crippen LogP contribution is -2.34. The van der Waals surface area contributed by atoms with E-state index in [4.69, 9.17) is 19.3 Å². The van der Waals surface area contributed by atoms with Gasteiger partial charge in [-0.3, -0.25) is 9.88 Å². The average molecular weight is 603 g/mol. The molecule has 0 spiro atoms. The number of rotatable bonds is 11. The number of benzene rings is 2. The van der Waals surface area contributed by atoms with Crippen molar-refractivity contribution >= 4 is 34.5 Å². The summed E-state index contributed by atoms with van der Waals surface area (Å²) in [5.74, 6) is 2.08. The number of aromatic nitrogens is 2. The molecular formula is C32H38N6O6. The van der Waals surface area contributed by atoms with Crippen LogP contribution < -0.4 is 25.4 Å². The molecule has 1 saturated heterocycles. The van der Waals surface area contributed by atoms with Crippen molar-refractivity contribution in [3.63, 3.8) is 0 Å². The van der Waals surface area contributed by atoms with Gasteiger partial charge >= 0.3 is 12.1 Å². The number of hydrogen-bond acceptors (Lipinski definition) is 8. The number of fused-ring (bicyclic) bond motifs is 1. The maximum Gasteiger partial charge on any atom is 0.325 e. The molecule has 0 saturated carbocycles. The van der Waals surface area contributed by atoms with Crippen molar-refractivity contribution in [2.45, 2.75) is 18.8 Å². The Bertz CT molecular complexity index is 1570. The van der Waals surface area contributed by atoms with E-state index < -0.39 is 6.03 Å². The molecule has 0 unspecified atom stereocenters. The molecular weight excluding hydrogens is 564 g/mol. The molecule has 12 nitrogen and oxygen atoms in total. The number of nitrogens with zero attached hydrogens (tertiary/aromatic N) is 3. The van der Waals surface area contributed by atoms with Gasteiger partial charge in [0.2, 0.25) is 0 Å². The predicted molar refractivity (Wildman–Crippen MR) is 168 cm³/mol. The number of aliphatic hydroxyl groups excluding tert-OH is 1. The van der Waals surface area contributed by atoms with Crippen molar-refractivity contribution in [2.24, 2.45) is 0 Å². The first-order valence-corrected chi connectivity index (χ1v) is 14.6. The van der Waals surface area contributed by atoms with Gasteiger partial charge in [-0.15, -0.1) is 0 Å². The van der Waals surface area contributed by atoms with E-state index in [1.54, 1.807) is 44.6 Å². The van der Waals surface area contributed by atoms with Crippen molar-refractivity contribution in [2.75, 3.05) is 64.2 Å². The normalized spacial score (nSPS) is 13.9. The van der Waals surface area contributed by atoms with E-state index in [0.29, 0.717) is 46.8 Å². The molecule has 3 amide bonds. The number of pyridine rings is 1. The fourth-order valence-corrected chi connectivity index (χ4v) is 5.29. The van der Waals surface area contributed by atoms with Gasteiger partial charge in [0.1, 0.15) is 18.2 Å². The number of anilines is 2. The molecule has 3 heterocycles. The molecule has 232 valence electrons. The van der Waals surface area contributed by atoms with Crippen LogP contribution in [0.15, 0.2) is 67.0 Å². The zero-order valence-electron chi connectivity index (χ0n) is 24.9. The summed E-state index contributed by atoms with van der Waals surface area (Å²) in [6, 6.07) is 15.9. The van der Waals surface area contributed by atoms with Crippen LogP contribution in [0, 0.1) is 0 Å². The largest absolute Gasteiger partial charge is 0.487 e. The maximum atomic E-state index is 12.8. The Hall–Kier alpha value is -4.65. The monoisotopic (exact) mass is 602 g/mol. The van der Waals surface area contributed by atoms with Crippen LogP contribution in [-0.4, -0.2) is 85.2 Å². The molecule has 12 heteroatoms. The van der Waals surface area contributed by atoms with E-state index in [9.17, 15) is 9.59 Å². The zero-order valence-corrected chi connectivity index (χ0v) is 24.9. The molecule has 1 aliphatic rings. The molecule has 1 aliphatic heterocycles. The van der Waals surface area contributed by atoms with Crippen LogP contribution in [0.3, 0.4) is 0 Å². The second-order valence-corrected chi connectivity index (χ2v) is 10.5. The van der Waals surface area contributed by atoms with E-state index in [1.165, 1.54) is 16.3 Å². The Balaban J connectivity index is 1.23. The fourth-order valence-electron chi connectivity index (χ4n) is 5.29. The smallest absolute Gasteiger partial charge is 0.325 e. The number of amides is 3. The zero-order chi connectivity index (χ0) is 30.9. The third kappa shape index (κ3) is 7.64. The molecule has 44 heavy (non-hydrogen) atoms. The molecule has 4 aromatic rings. The van der Waals surface area contributed by atoms with Crippen LogP contribution in [0.1, 0.15) is 24.3 Å². The predicted octanol–water partition coefficient (Wildman–Crippen LogP) is 4.86. The van der Waals surface area contributed by atoms with Crippen molar-refractivity contribution in [3.8, 4) is 17.2 Å². The van der Waals surface area contributed by atoms with Gasteiger partial charge in [0, 0.05) is 56.3 Å². The molecule has 4 N–H and O–H groups in total. The summed E-state index contributed by atoms with van der Waals surface area (Å²) < 4.78 is 18.7. The standard InChI is InChI=1S/C32H38N6O6/c1-33-32(41)38-14-10-24-19-29(28(21-27(24)38)43-18-17-42-2)44-26-7-11-34-30(20-26)36-31(40)35-25-5-3-22(4-6-25)23-8-12-37(13-9-23)15-16-39/h3-7,10-11,14,19-21,23,39H,8-9,12-13,15-18H2,1-2H3,(H,33,41)(H2,34,35,36,40). The van der Waals surface area contributed by atoms with E-state index in [1.807, 2.05) is 18.2 Å². The van der Waals surface area contributed by atoms with Crippen LogP contribution in [0.2, 0.25) is 0 Å². The van der Waals surface area contributed by atoms with Crippen LogP contribution in [0.25, 0.3) is 10.9 Å². The van der Waals surface area contributed by atoms with Gasteiger partial charge in [0.15, 0.2) is 11.5 Å². The molecule has 2 aromatic heterocycles. The number of carbonyl (C=O) groups excluding carboxylic acids is 2. The average Bonchev–Trinajstić information content (AvgIpc) is 3.44. The number of nitrogens with one attached hydrogen (secondary N) is 3. The summed E-state index contributed by atoms with van der Waals surface area (Å²) in [5.41, 5.74) is 2.58. The highest BCUT2D eigenvalue weighted by atomic mass is 16.5. The summed E-state index contributed by atoms with van der Waals surface area (Å²) in [5, 5.41) is 18.2. The fraction of sp³-hybridized carbons (Fsp3) is 0.344. The second kappa shape index (κ2) is 14.7. The van der Waals surface area contributed by atoms with Crippen LogP contribution in [-0.2, 0) is 4.74 Å². The van der Waals surface area contributed by atoms with Gasteiger partial charge in [-0.05, 0) is 67.7 Å². The highest BCUT2D eigenvalue weighted by Gasteiger charge is 2.20. The molecule has 0 bridgehead atoms. The third-order valence-corrected chi connectivity index (χ3v) is 7.58. The lowest BCUT2D eigenvalue weighted by atomic mass is 9.89. The Labute approximate surface area is 255 Å². The van der Waals surface area contributed by atoms with Crippen LogP contribution >= 0.6 is 0 Å². The minimum Gasteiger partial charge on any atom is -0.487 e. The Morgan fingerprint density at radius 1 is 1.00 bits per heavy atom. The third-order valence-electron chi connectivity index (χ3n) is 7.58. The molecule has 5 rings (SSSR count). The van der Waals surface area contributed by atoms with Crippen molar-refractivity contribution < 1.29 is 28.9 Å². The highest BCUT2D eigenvalue weighted by molar-refractivity contribution is 5.99. The number of carbonyl (C=O) groups is 2. The highest BCUT2D eigenvalue weighted by Crippen LogP contribution is 2.37. The van der Waals surface area contributed by atoms with Gasteiger partial charge < -0.3 is 34.9 Å². The minimum absolute atomic E-state index is 0.193. The number of methoxy groups -OCH3 is 1. The molecule has 0 aliphatic carbocycles. The lowest BCUT2D eigenvalue weighted by Gasteiger charge is -2.31. The second-order valence-electron chi connectivity index (χ2n) is 10.5. The van der Waals surface area contributed by atoms with E-state index in [0.717, 1.165) is 37.9 Å². The molecule has 1 fully saturated rings.